The smallest absolute Gasteiger partial charge is 0.262 e. The number of benzene rings is 2. The molecule has 63 heavy (non-hydrogen) atoms. The minimum absolute atomic E-state index is 0.00800. The molecule has 1 unspecified atom stereocenters. The number of nitrogens with one attached hydrogen (secondary N) is 2. The zero-order chi connectivity index (χ0) is 44.1. The van der Waals surface area contributed by atoms with Gasteiger partial charge in [0.25, 0.3) is 17.7 Å². The maximum Gasteiger partial charge on any atom is 0.262 e. The van der Waals surface area contributed by atoms with Crippen molar-refractivity contribution < 1.29 is 32.8 Å². The number of fused-ring (bicyclic) bond motifs is 2. The molecule has 0 saturated carbocycles. The lowest BCUT2D eigenvalue weighted by Crippen LogP contribution is -2.54. The summed E-state index contributed by atoms with van der Waals surface area (Å²) in [6.45, 7) is 3.01. The number of hydrogen-bond donors (Lipinski definition) is 2. The van der Waals surface area contributed by atoms with Crippen molar-refractivity contribution in [3.63, 3.8) is 0 Å². The van der Waals surface area contributed by atoms with E-state index in [1.165, 1.54) is 18.5 Å². The molecule has 2 N–H and O–H groups in total. The number of anilines is 4. The molecular weight excluding hydrogens is 836 g/mol. The fourth-order valence-corrected chi connectivity index (χ4v) is 9.66. The van der Waals surface area contributed by atoms with Crippen molar-refractivity contribution in [1.82, 2.24) is 35.0 Å². The van der Waals surface area contributed by atoms with Gasteiger partial charge in [0.1, 0.15) is 35.9 Å². The Morgan fingerprint density at radius 2 is 1.60 bits per heavy atom. The molecule has 2 aromatic heterocycles. The van der Waals surface area contributed by atoms with Crippen molar-refractivity contribution in [1.29, 1.82) is 5.26 Å². The summed E-state index contributed by atoms with van der Waals surface area (Å²) in [6, 6.07) is 12.1. The number of likely N-dealkylation sites (tertiary alicyclic amines) is 1. The molecule has 324 valence electrons. The second kappa shape index (κ2) is 16.9. The summed E-state index contributed by atoms with van der Waals surface area (Å²) >= 11 is 6.27. The van der Waals surface area contributed by atoms with Crippen molar-refractivity contribution in [2.45, 2.75) is 69.6 Å². The molecule has 1 atom stereocenters. The van der Waals surface area contributed by atoms with Crippen LogP contribution in [0.2, 0.25) is 5.02 Å². The van der Waals surface area contributed by atoms with Crippen LogP contribution in [0, 0.1) is 23.1 Å². The maximum atomic E-state index is 15.5. The number of carbonyl (C=O) groups excluding carboxylic acids is 5. The minimum Gasteiger partial charge on any atom is -0.369 e. The van der Waals surface area contributed by atoms with E-state index < -0.39 is 47.3 Å². The van der Waals surface area contributed by atoms with E-state index >= 15 is 8.78 Å². The molecule has 0 bridgehead atoms. The predicted molar refractivity (Wildman–Crippen MR) is 225 cm³/mol. The number of pyridine rings is 1. The number of aromatic nitrogens is 3. The highest BCUT2D eigenvalue weighted by Crippen LogP contribution is 2.35. The van der Waals surface area contributed by atoms with E-state index in [-0.39, 0.29) is 53.1 Å². The van der Waals surface area contributed by atoms with Gasteiger partial charge in [-0.25, -0.2) is 19.3 Å². The van der Waals surface area contributed by atoms with Crippen molar-refractivity contribution in [3.05, 3.63) is 99.1 Å². The molecule has 16 nitrogen and oxygen atoms in total. The Kier molecular flexibility index (Phi) is 11.2. The second-order valence-corrected chi connectivity index (χ2v) is 16.9. The topological polar surface area (TPSA) is 188 Å². The third-order valence-corrected chi connectivity index (χ3v) is 13.3. The summed E-state index contributed by atoms with van der Waals surface area (Å²) in [5, 5.41) is 14.9. The van der Waals surface area contributed by atoms with Gasteiger partial charge in [0.2, 0.25) is 17.8 Å². The van der Waals surface area contributed by atoms with Crippen molar-refractivity contribution >= 4 is 64.1 Å². The minimum atomic E-state index is -1.13. The number of piperidine rings is 3. The zero-order valence-electron chi connectivity index (χ0n) is 34.2. The normalized spacial score (nSPS) is 19.6. The lowest BCUT2D eigenvalue weighted by atomic mass is 9.96. The highest BCUT2D eigenvalue weighted by atomic mass is 35.5. The van der Waals surface area contributed by atoms with Crippen molar-refractivity contribution in [3.8, 4) is 6.07 Å². The Labute approximate surface area is 365 Å². The Morgan fingerprint density at radius 3 is 2.29 bits per heavy atom. The molecule has 3 fully saturated rings. The molecule has 5 aliphatic rings. The molecule has 5 aliphatic heterocycles. The number of halogens is 3. The SMILES string of the molecule is CN(C1CCN(C(=O)c2ccc(Nc3ncnc4c3CCN(c3ccc(C#N)c(Cl)c3)C4)nc2F)CC1)C1CCN(c2cc3c(cc2F)C(=O)N(C2CCC(=O)NC2=O)C3=O)CC1. The highest BCUT2D eigenvalue weighted by Gasteiger charge is 2.45. The summed E-state index contributed by atoms with van der Waals surface area (Å²) in [5.74, 6) is -3.87. The van der Waals surface area contributed by atoms with Crippen LogP contribution < -0.4 is 20.4 Å². The molecule has 4 aromatic rings. The number of nitrogens with zero attached hydrogens (tertiary/aromatic N) is 9. The van der Waals surface area contributed by atoms with E-state index in [1.54, 1.807) is 23.1 Å². The number of rotatable bonds is 8. The van der Waals surface area contributed by atoms with Gasteiger partial charge in [-0.15, -0.1) is 0 Å². The molecule has 3 saturated heterocycles. The Bertz CT molecular complexity index is 2610. The van der Waals surface area contributed by atoms with Crippen LogP contribution in [-0.2, 0) is 22.6 Å². The number of imide groups is 2. The average molecular weight is 878 g/mol. The molecule has 2 aromatic carbocycles. The van der Waals surface area contributed by atoms with Crippen LogP contribution in [0.4, 0.5) is 31.8 Å². The molecule has 0 spiro atoms. The number of carbonyl (C=O) groups is 5. The fourth-order valence-electron chi connectivity index (χ4n) is 9.44. The van der Waals surface area contributed by atoms with Crippen LogP contribution in [-0.4, -0.2) is 117 Å². The summed E-state index contributed by atoms with van der Waals surface area (Å²) in [5.41, 5.74) is 2.97. The van der Waals surface area contributed by atoms with Crippen LogP contribution in [0.3, 0.4) is 0 Å². The summed E-state index contributed by atoms with van der Waals surface area (Å²) in [6.07, 6.45) is 4.83. The van der Waals surface area contributed by atoms with Gasteiger partial charge in [0, 0.05) is 62.5 Å². The monoisotopic (exact) mass is 877 g/mol. The number of nitriles is 1. The van der Waals surface area contributed by atoms with Gasteiger partial charge >= 0.3 is 0 Å². The van der Waals surface area contributed by atoms with Gasteiger partial charge in [-0.1, -0.05) is 11.6 Å². The van der Waals surface area contributed by atoms with Crippen LogP contribution in [0.25, 0.3) is 0 Å². The first-order valence-corrected chi connectivity index (χ1v) is 21.3. The standard InChI is InChI=1S/C44H42ClF2N11O5/c1-54(25-8-13-55(14-9-25)36-20-31-30(19-33(36)46)43(62)58(44(31)63)35-5-7-38(59)53-41(35)60)26-10-15-56(16-11-26)42(61)29-4-6-37(51-39(29)47)52-40-28-12-17-57(22-34(28)49-23-50-40)27-3-2-24(21-48)32(45)18-27/h2-4,6,18-20,23,25-26,35H,5,7-17,22H2,1H3,(H,53,59,60)(H,49,50,51,52). The maximum absolute atomic E-state index is 15.5. The second-order valence-electron chi connectivity index (χ2n) is 16.5. The van der Waals surface area contributed by atoms with Gasteiger partial charge in [-0.3, -0.25) is 34.2 Å². The number of amides is 5. The van der Waals surface area contributed by atoms with E-state index in [4.69, 9.17) is 11.6 Å². The average Bonchev–Trinajstić information content (AvgIpc) is 3.52. The zero-order valence-corrected chi connectivity index (χ0v) is 35.0. The van der Waals surface area contributed by atoms with Gasteiger partial charge in [0.15, 0.2) is 0 Å². The third kappa shape index (κ3) is 7.91. The molecule has 9 rings (SSSR count). The lowest BCUT2D eigenvalue weighted by molar-refractivity contribution is -0.136. The summed E-state index contributed by atoms with van der Waals surface area (Å²) < 4.78 is 31.0. The highest BCUT2D eigenvalue weighted by molar-refractivity contribution is 6.32. The summed E-state index contributed by atoms with van der Waals surface area (Å²) in [7, 11) is 2.05. The Morgan fingerprint density at radius 1 is 0.889 bits per heavy atom. The molecule has 19 heteroatoms. The quantitative estimate of drug-likeness (QED) is 0.185. The van der Waals surface area contributed by atoms with E-state index in [1.807, 2.05) is 11.0 Å². The Hall–Kier alpha value is -6.58. The fraction of sp³-hybridized carbons (Fsp3) is 0.386. The van der Waals surface area contributed by atoms with Gasteiger partial charge in [-0.2, -0.15) is 9.65 Å². The van der Waals surface area contributed by atoms with Gasteiger partial charge in [0.05, 0.1) is 45.2 Å². The van der Waals surface area contributed by atoms with Crippen molar-refractivity contribution in [2.75, 3.05) is 54.9 Å². The Balaban J connectivity index is 0.771. The molecular formula is C44H42ClF2N11O5. The van der Waals surface area contributed by atoms with E-state index in [0.29, 0.717) is 87.8 Å². The summed E-state index contributed by atoms with van der Waals surface area (Å²) in [4.78, 5) is 85.9. The van der Waals surface area contributed by atoms with E-state index in [9.17, 15) is 29.2 Å². The third-order valence-electron chi connectivity index (χ3n) is 13.0. The van der Waals surface area contributed by atoms with E-state index in [2.05, 4.69) is 48.5 Å². The molecule has 7 heterocycles. The predicted octanol–water partition coefficient (Wildman–Crippen LogP) is 4.59. The lowest BCUT2D eigenvalue weighted by Gasteiger charge is -2.43. The molecule has 5 amide bonds. The number of hydrogen-bond acceptors (Lipinski definition) is 13. The van der Waals surface area contributed by atoms with Gasteiger partial charge in [-0.05, 0) is 88.0 Å². The van der Waals surface area contributed by atoms with Gasteiger partial charge < -0.3 is 24.9 Å². The van der Waals surface area contributed by atoms with Crippen LogP contribution in [0.5, 0.6) is 0 Å². The van der Waals surface area contributed by atoms with Crippen LogP contribution in [0.15, 0.2) is 48.8 Å². The van der Waals surface area contributed by atoms with E-state index in [0.717, 1.165) is 27.9 Å². The van der Waals surface area contributed by atoms with Crippen LogP contribution >= 0.6 is 11.6 Å². The first-order chi connectivity index (χ1) is 30.4. The molecule has 0 aliphatic carbocycles. The first-order valence-electron chi connectivity index (χ1n) is 20.9. The van der Waals surface area contributed by atoms with Crippen LogP contribution in [0.1, 0.15) is 86.4 Å². The molecule has 0 radical (unpaired) electrons. The first kappa shape index (κ1) is 41.8. The largest absolute Gasteiger partial charge is 0.369 e. The van der Waals surface area contributed by atoms with Crippen molar-refractivity contribution in [2.24, 2.45) is 0 Å².